The molecule has 1 aliphatic heterocycles. The Morgan fingerprint density at radius 2 is 1.88 bits per heavy atom. The van der Waals surface area contributed by atoms with Gasteiger partial charge >= 0.3 is 11.9 Å². The Balaban J connectivity index is 1.70. The van der Waals surface area contributed by atoms with Gasteiger partial charge in [-0.15, -0.1) is 0 Å². The van der Waals surface area contributed by atoms with Gasteiger partial charge in [0.1, 0.15) is 18.4 Å². The van der Waals surface area contributed by atoms with Crippen molar-refractivity contribution in [2.24, 2.45) is 0 Å². The summed E-state index contributed by atoms with van der Waals surface area (Å²) in [4.78, 5) is 48.6. The molecule has 1 heterocycles. The monoisotopic (exact) mass is 567 g/mol. The van der Waals surface area contributed by atoms with Crippen LogP contribution in [0.5, 0.6) is 5.75 Å². The minimum atomic E-state index is -1.00. The molecule has 0 aliphatic carbocycles. The minimum Gasteiger partial charge on any atom is -0.488 e. The van der Waals surface area contributed by atoms with Crippen LogP contribution < -0.4 is 4.74 Å². The number of halogens is 1. The van der Waals surface area contributed by atoms with Gasteiger partial charge in [-0.3, -0.25) is 14.5 Å². The van der Waals surface area contributed by atoms with Crippen LogP contribution in [0.3, 0.4) is 0 Å². The number of aromatic carboxylic acids is 1. The van der Waals surface area contributed by atoms with Crippen molar-refractivity contribution < 1.29 is 33.8 Å². The number of carbonyl (C=O) groups excluding carboxylic acids is 3. The molecular weight excluding hydrogens is 549 g/mol. The van der Waals surface area contributed by atoms with Crippen molar-refractivity contribution in [2.75, 3.05) is 7.11 Å². The molecule has 32 heavy (non-hydrogen) atoms. The highest BCUT2D eigenvalue weighted by Gasteiger charge is 2.41. The SMILES string of the molecule is COC(=O)[C@@H](C)N1C(=O)S/C(=C/c2ccc(OCc3ccc(C(=O)O)cc3)c(I)c2)C1=O. The Morgan fingerprint density at radius 1 is 1.19 bits per heavy atom. The third-order valence-corrected chi connectivity index (χ3v) is 6.33. The second-order valence-electron chi connectivity index (χ2n) is 6.73. The van der Waals surface area contributed by atoms with Crippen molar-refractivity contribution in [3.8, 4) is 5.75 Å². The second kappa shape index (κ2) is 10.2. The summed E-state index contributed by atoms with van der Waals surface area (Å²) < 4.78 is 11.2. The number of imide groups is 1. The van der Waals surface area contributed by atoms with Gasteiger partial charge in [0.15, 0.2) is 0 Å². The highest BCUT2D eigenvalue weighted by molar-refractivity contribution is 14.1. The molecule has 1 atom stereocenters. The second-order valence-corrected chi connectivity index (χ2v) is 8.89. The van der Waals surface area contributed by atoms with Crippen LogP contribution in [0, 0.1) is 3.57 Å². The molecule has 2 amide bonds. The average molecular weight is 567 g/mol. The van der Waals surface area contributed by atoms with Gasteiger partial charge < -0.3 is 14.6 Å². The van der Waals surface area contributed by atoms with Crippen molar-refractivity contribution in [1.29, 1.82) is 0 Å². The van der Waals surface area contributed by atoms with E-state index in [4.69, 9.17) is 9.84 Å². The van der Waals surface area contributed by atoms with E-state index in [1.54, 1.807) is 36.4 Å². The minimum absolute atomic E-state index is 0.207. The number of thioether (sulfide) groups is 1. The number of carbonyl (C=O) groups is 4. The van der Waals surface area contributed by atoms with Crippen LogP contribution in [0.15, 0.2) is 47.4 Å². The van der Waals surface area contributed by atoms with Crippen molar-refractivity contribution >= 4 is 63.5 Å². The molecule has 1 saturated heterocycles. The molecule has 0 unspecified atom stereocenters. The third kappa shape index (κ3) is 5.30. The van der Waals surface area contributed by atoms with E-state index in [1.807, 2.05) is 0 Å². The smallest absolute Gasteiger partial charge is 0.335 e. The van der Waals surface area contributed by atoms with E-state index >= 15 is 0 Å². The van der Waals surface area contributed by atoms with E-state index in [1.165, 1.54) is 26.2 Å². The van der Waals surface area contributed by atoms with Gasteiger partial charge in [0.25, 0.3) is 11.1 Å². The summed E-state index contributed by atoms with van der Waals surface area (Å²) in [6.45, 7) is 1.70. The van der Waals surface area contributed by atoms with Crippen LogP contribution >= 0.6 is 34.4 Å². The maximum atomic E-state index is 12.6. The molecule has 2 aromatic rings. The van der Waals surface area contributed by atoms with Gasteiger partial charge in [-0.05, 0) is 82.7 Å². The third-order valence-electron chi connectivity index (χ3n) is 4.60. The highest BCUT2D eigenvalue weighted by Crippen LogP contribution is 2.34. The molecule has 0 spiro atoms. The van der Waals surface area contributed by atoms with Crippen molar-refractivity contribution in [3.05, 3.63) is 67.6 Å². The van der Waals surface area contributed by atoms with Crippen LogP contribution in [0.25, 0.3) is 6.08 Å². The van der Waals surface area contributed by atoms with Gasteiger partial charge in [0.05, 0.1) is 21.1 Å². The van der Waals surface area contributed by atoms with E-state index in [9.17, 15) is 19.2 Å². The number of carboxylic acids is 1. The first-order valence-electron chi connectivity index (χ1n) is 9.30. The lowest BCUT2D eigenvalue weighted by molar-refractivity contribution is -0.148. The summed E-state index contributed by atoms with van der Waals surface area (Å²) >= 11 is 2.87. The van der Waals surface area contributed by atoms with E-state index in [-0.39, 0.29) is 17.1 Å². The first kappa shape index (κ1) is 23.8. The zero-order chi connectivity index (χ0) is 23.4. The molecule has 8 nitrogen and oxygen atoms in total. The Kier molecular flexibility index (Phi) is 7.56. The molecular formula is C22H18INO7S. The molecule has 0 aromatic heterocycles. The first-order chi connectivity index (χ1) is 15.2. The lowest BCUT2D eigenvalue weighted by Crippen LogP contribution is -2.42. The van der Waals surface area contributed by atoms with Crippen LogP contribution in [-0.2, 0) is 20.9 Å². The number of esters is 1. The quantitative estimate of drug-likeness (QED) is 0.302. The van der Waals surface area contributed by atoms with Crippen molar-refractivity contribution in [3.63, 3.8) is 0 Å². The number of hydrogen-bond donors (Lipinski definition) is 1. The van der Waals surface area contributed by atoms with Gasteiger partial charge in [-0.25, -0.2) is 9.59 Å². The molecule has 1 N–H and O–H groups in total. The number of rotatable bonds is 7. The van der Waals surface area contributed by atoms with E-state index in [0.717, 1.165) is 25.8 Å². The molecule has 3 rings (SSSR count). The molecule has 0 saturated carbocycles. The zero-order valence-corrected chi connectivity index (χ0v) is 20.0. The Labute approximate surface area is 201 Å². The summed E-state index contributed by atoms with van der Waals surface area (Å²) in [5.41, 5.74) is 1.73. The Bertz CT molecular complexity index is 1110. The predicted molar refractivity (Wildman–Crippen MR) is 126 cm³/mol. The molecule has 1 aliphatic rings. The van der Waals surface area contributed by atoms with Gasteiger partial charge in [-0.1, -0.05) is 18.2 Å². The van der Waals surface area contributed by atoms with Gasteiger partial charge in [0, 0.05) is 0 Å². The fourth-order valence-corrected chi connectivity index (χ4v) is 4.47. The summed E-state index contributed by atoms with van der Waals surface area (Å²) in [5.74, 6) is -1.57. The molecule has 0 bridgehead atoms. The lowest BCUT2D eigenvalue weighted by atomic mass is 10.1. The standard InChI is InChI=1S/C22H18INO7S/c1-12(21(28)30-2)24-19(25)18(32-22(24)29)10-14-5-8-17(16(23)9-14)31-11-13-3-6-15(7-4-13)20(26)27/h3-10,12H,11H2,1-2H3,(H,26,27)/b18-10+/t12-/m1/s1. The maximum absolute atomic E-state index is 12.6. The van der Waals surface area contributed by atoms with Crippen molar-refractivity contribution in [2.45, 2.75) is 19.6 Å². The lowest BCUT2D eigenvalue weighted by Gasteiger charge is -2.18. The molecule has 10 heteroatoms. The number of ether oxygens (including phenoxy) is 2. The van der Waals surface area contributed by atoms with Crippen LogP contribution in [0.2, 0.25) is 0 Å². The van der Waals surface area contributed by atoms with Crippen LogP contribution in [0.1, 0.15) is 28.4 Å². The molecule has 166 valence electrons. The predicted octanol–water partition coefficient (Wildman–Crippen LogP) is 4.17. The van der Waals surface area contributed by atoms with E-state index in [2.05, 4.69) is 27.3 Å². The zero-order valence-electron chi connectivity index (χ0n) is 17.0. The van der Waals surface area contributed by atoms with E-state index in [0.29, 0.717) is 11.3 Å². The molecule has 1 fully saturated rings. The average Bonchev–Trinajstić information content (AvgIpc) is 3.05. The summed E-state index contributed by atoms with van der Waals surface area (Å²) in [5, 5.41) is 8.43. The van der Waals surface area contributed by atoms with Gasteiger partial charge in [-0.2, -0.15) is 0 Å². The van der Waals surface area contributed by atoms with Crippen LogP contribution in [0.4, 0.5) is 4.79 Å². The maximum Gasteiger partial charge on any atom is 0.335 e. The molecule has 2 aromatic carbocycles. The topological polar surface area (TPSA) is 110 Å². The number of carboxylic acid groups (broad SMARTS) is 1. The van der Waals surface area contributed by atoms with Crippen molar-refractivity contribution in [1.82, 2.24) is 4.90 Å². The largest absolute Gasteiger partial charge is 0.488 e. The number of methoxy groups -OCH3 is 1. The number of nitrogens with zero attached hydrogens (tertiary/aromatic N) is 1. The Morgan fingerprint density at radius 3 is 2.47 bits per heavy atom. The van der Waals surface area contributed by atoms with Crippen LogP contribution in [-0.4, -0.2) is 46.2 Å². The summed E-state index contributed by atoms with van der Waals surface area (Å²) in [7, 11) is 1.20. The summed E-state index contributed by atoms with van der Waals surface area (Å²) in [6, 6.07) is 10.7. The first-order valence-corrected chi connectivity index (χ1v) is 11.2. The van der Waals surface area contributed by atoms with E-state index < -0.39 is 29.1 Å². The highest BCUT2D eigenvalue weighted by atomic mass is 127. The fraction of sp³-hybridized carbons (Fsp3) is 0.182. The fourth-order valence-electron chi connectivity index (χ4n) is 2.87. The Hall–Kier alpha value is -2.86. The summed E-state index contributed by atoms with van der Waals surface area (Å²) in [6.07, 6.45) is 1.59. The number of benzene rings is 2. The normalized spacial score (nSPS) is 15.7. The number of amides is 2. The molecule has 0 radical (unpaired) electrons. The van der Waals surface area contributed by atoms with Gasteiger partial charge in [0.2, 0.25) is 0 Å². The number of hydrogen-bond acceptors (Lipinski definition) is 7.